The van der Waals surface area contributed by atoms with Crippen molar-refractivity contribution < 1.29 is 13.9 Å². The summed E-state index contributed by atoms with van der Waals surface area (Å²) in [5.74, 6) is -0.0949. The highest BCUT2D eigenvalue weighted by Crippen LogP contribution is 2.09. The Hall–Kier alpha value is -2.36. The van der Waals surface area contributed by atoms with Crippen molar-refractivity contribution in [3.05, 3.63) is 53.7 Å². The van der Waals surface area contributed by atoms with Crippen LogP contribution in [-0.2, 0) is 4.74 Å². The topological polar surface area (TPSA) is 52.3 Å². The monoisotopic (exact) mass is 243 g/mol. The van der Waals surface area contributed by atoms with Gasteiger partial charge in [0.15, 0.2) is 5.69 Å². The second-order valence-corrected chi connectivity index (χ2v) is 3.54. The lowest BCUT2D eigenvalue weighted by Gasteiger charge is -1.94. The Morgan fingerprint density at radius 1 is 1.33 bits per heavy atom. The molecular weight excluding hydrogens is 230 g/mol. The zero-order valence-electron chi connectivity index (χ0n) is 10.00. The Morgan fingerprint density at radius 2 is 2.11 bits per heavy atom. The number of ether oxygens (including phenoxy) is 1. The molecule has 0 saturated heterocycles. The van der Waals surface area contributed by atoms with E-state index in [2.05, 4.69) is 4.98 Å². The molecule has 0 unspecified atom stereocenters. The summed E-state index contributed by atoms with van der Waals surface area (Å²) in [7, 11) is 0. The number of benzene rings is 1. The molecule has 0 aliphatic rings. The number of carbonyl (C=O) groups is 1. The van der Waals surface area contributed by atoms with Crippen LogP contribution in [0.4, 0.5) is 0 Å². The Labute approximate surface area is 105 Å². The fourth-order valence-corrected chi connectivity index (χ4v) is 1.39. The normalized spacial score (nSPS) is 10.7. The number of hydrogen-bond donors (Lipinski definition) is 0. The third kappa shape index (κ3) is 3.07. The molecule has 0 N–H and O–H groups in total. The lowest BCUT2D eigenvalue weighted by atomic mass is 10.2. The fraction of sp³-hybridized carbons (Fsp3) is 0.143. The number of aromatic nitrogens is 1. The summed E-state index contributed by atoms with van der Waals surface area (Å²) in [5, 5.41) is 0. The molecule has 0 aliphatic heterocycles. The van der Waals surface area contributed by atoms with Gasteiger partial charge in [-0.05, 0) is 18.6 Å². The van der Waals surface area contributed by atoms with E-state index in [0.29, 0.717) is 12.5 Å². The predicted octanol–water partition coefficient (Wildman–Crippen LogP) is 3.02. The lowest BCUT2D eigenvalue weighted by Crippen LogP contribution is -2.04. The van der Waals surface area contributed by atoms with Gasteiger partial charge in [-0.3, -0.25) is 0 Å². The van der Waals surface area contributed by atoms with E-state index in [1.54, 1.807) is 13.0 Å². The highest BCUT2D eigenvalue weighted by atomic mass is 16.5. The van der Waals surface area contributed by atoms with Gasteiger partial charge in [-0.2, -0.15) is 0 Å². The summed E-state index contributed by atoms with van der Waals surface area (Å²) in [6.07, 6.45) is 4.86. The number of esters is 1. The van der Waals surface area contributed by atoms with Crippen LogP contribution in [0.25, 0.3) is 12.2 Å². The van der Waals surface area contributed by atoms with Crippen LogP contribution in [0, 0.1) is 0 Å². The van der Waals surface area contributed by atoms with E-state index >= 15 is 0 Å². The summed E-state index contributed by atoms with van der Waals surface area (Å²) in [6.45, 7) is 2.06. The van der Waals surface area contributed by atoms with Gasteiger partial charge in [0.1, 0.15) is 6.26 Å². The van der Waals surface area contributed by atoms with Crippen LogP contribution in [0.2, 0.25) is 0 Å². The van der Waals surface area contributed by atoms with Crippen molar-refractivity contribution >= 4 is 18.1 Å². The predicted molar refractivity (Wildman–Crippen MR) is 67.8 cm³/mol. The van der Waals surface area contributed by atoms with E-state index in [4.69, 9.17) is 9.15 Å². The number of rotatable bonds is 4. The fourth-order valence-electron chi connectivity index (χ4n) is 1.39. The third-order valence-electron chi connectivity index (χ3n) is 2.22. The molecular formula is C14H13NO3. The molecule has 2 aromatic rings. The number of hydrogen-bond acceptors (Lipinski definition) is 4. The van der Waals surface area contributed by atoms with Crippen molar-refractivity contribution in [3.8, 4) is 0 Å². The van der Waals surface area contributed by atoms with E-state index in [1.165, 1.54) is 6.26 Å². The van der Waals surface area contributed by atoms with Crippen molar-refractivity contribution in [2.24, 2.45) is 0 Å². The van der Waals surface area contributed by atoms with Crippen LogP contribution in [0.1, 0.15) is 28.9 Å². The number of oxazole rings is 1. The quantitative estimate of drug-likeness (QED) is 0.774. The van der Waals surface area contributed by atoms with Crippen molar-refractivity contribution in [2.75, 3.05) is 6.61 Å². The van der Waals surface area contributed by atoms with E-state index in [9.17, 15) is 4.79 Å². The molecule has 0 spiro atoms. The molecule has 0 saturated carbocycles. The minimum absolute atomic E-state index is 0.185. The van der Waals surface area contributed by atoms with E-state index < -0.39 is 5.97 Å². The molecule has 2 rings (SSSR count). The Morgan fingerprint density at radius 3 is 2.83 bits per heavy atom. The third-order valence-corrected chi connectivity index (χ3v) is 2.22. The summed E-state index contributed by atoms with van der Waals surface area (Å²) < 4.78 is 9.97. The molecule has 0 radical (unpaired) electrons. The summed E-state index contributed by atoms with van der Waals surface area (Å²) in [6, 6.07) is 9.76. The van der Waals surface area contributed by atoms with Gasteiger partial charge in [0.05, 0.1) is 6.61 Å². The first-order valence-corrected chi connectivity index (χ1v) is 5.65. The van der Waals surface area contributed by atoms with E-state index in [1.807, 2.05) is 36.4 Å². The molecule has 18 heavy (non-hydrogen) atoms. The van der Waals surface area contributed by atoms with Crippen molar-refractivity contribution in [3.63, 3.8) is 0 Å². The standard InChI is InChI=1S/C14H13NO3/c1-2-17-14(16)12-10-18-13(15-12)9-8-11-6-4-3-5-7-11/h3-10H,2H2,1H3/b9-8-. The van der Waals surface area contributed by atoms with Gasteiger partial charge in [0.2, 0.25) is 5.89 Å². The van der Waals surface area contributed by atoms with Crippen molar-refractivity contribution in [1.29, 1.82) is 0 Å². The SMILES string of the molecule is CCOC(=O)c1coc(/C=C\c2ccccc2)n1. The second-order valence-electron chi connectivity index (χ2n) is 3.54. The first-order chi connectivity index (χ1) is 8.79. The van der Waals surface area contributed by atoms with Gasteiger partial charge in [-0.15, -0.1) is 0 Å². The molecule has 0 fully saturated rings. The number of nitrogens with zero attached hydrogens (tertiary/aromatic N) is 1. The van der Waals surface area contributed by atoms with Crippen LogP contribution in [0.5, 0.6) is 0 Å². The first-order valence-electron chi connectivity index (χ1n) is 5.65. The highest BCUT2D eigenvalue weighted by molar-refractivity contribution is 5.87. The Kier molecular flexibility index (Phi) is 3.91. The van der Waals surface area contributed by atoms with Gasteiger partial charge < -0.3 is 9.15 Å². The molecule has 4 heteroatoms. The maximum Gasteiger partial charge on any atom is 0.360 e. The molecule has 1 aromatic heterocycles. The molecule has 0 aliphatic carbocycles. The minimum Gasteiger partial charge on any atom is -0.461 e. The van der Waals surface area contributed by atoms with E-state index in [-0.39, 0.29) is 5.69 Å². The molecule has 92 valence electrons. The van der Waals surface area contributed by atoms with Crippen LogP contribution in [-0.4, -0.2) is 17.6 Å². The maximum atomic E-state index is 11.4. The zero-order chi connectivity index (χ0) is 12.8. The average Bonchev–Trinajstić information content (AvgIpc) is 2.87. The summed E-state index contributed by atoms with van der Waals surface area (Å²) in [4.78, 5) is 15.4. The van der Waals surface area contributed by atoms with Gasteiger partial charge >= 0.3 is 5.97 Å². The smallest absolute Gasteiger partial charge is 0.360 e. The molecule has 0 amide bonds. The van der Waals surface area contributed by atoms with Gasteiger partial charge in [-0.25, -0.2) is 9.78 Å². The van der Waals surface area contributed by atoms with Crippen LogP contribution >= 0.6 is 0 Å². The minimum atomic E-state index is -0.472. The van der Waals surface area contributed by atoms with Crippen molar-refractivity contribution in [1.82, 2.24) is 4.98 Å². The Bertz CT molecular complexity index is 543. The van der Waals surface area contributed by atoms with Gasteiger partial charge in [0.25, 0.3) is 0 Å². The first kappa shape index (κ1) is 12.1. The Balaban J connectivity index is 2.07. The molecule has 0 bridgehead atoms. The van der Waals surface area contributed by atoms with Crippen LogP contribution in [0.15, 0.2) is 41.0 Å². The van der Waals surface area contributed by atoms with Gasteiger partial charge in [0, 0.05) is 6.08 Å². The largest absolute Gasteiger partial charge is 0.461 e. The van der Waals surface area contributed by atoms with Crippen molar-refractivity contribution in [2.45, 2.75) is 6.92 Å². The second kappa shape index (κ2) is 5.82. The molecule has 4 nitrogen and oxygen atoms in total. The van der Waals surface area contributed by atoms with E-state index in [0.717, 1.165) is 5.56 Å². The summed E-state index contributed by atoms with van der Waals surface area (Å²) >= 11 is 0. The average molecular weight is 243 g/mol. The van der Waals surface area contributed by atoms with Crippen LogP contribution < -0.4 is 0 Å². The summed E-state index contributed by atoms with van der Waals surface area (Å²) in [5.41, 5.74) is 1.22. The zero-order valence-corrected chi connectivity index (χ0v) is 10.00. The lowest BCUT2D eigenvalue weighted by molar-refractivity contribution is 0.0519. The molecule has 1 heterocycles. The molecule has 0 atom stereocenters. The maximum absolute atomic E-state index is 11.4. The molecule has 1 aromatic carbocycles. The number of carbonyl (C=O) groups excluding carboxylic acids is 1. The highest BCUT2D eigenvalue weighted by Gasteiger charge is 2.11. The van der Waals surface area contributed by atoms with Crippen LogP contribution in [0.3, 0.4) is 0 Å². The van der Waals surface area contributed by atoms with Gasteiger partial charge in [-0.1, -0.05) is 30.3 Å².